The molecule has 0 bridgehead atoms. The number of ether oxygens (including phenoxy) is 2. The smallest absolute Gasteiger partial charge is 0.190 e. The molecule has 7 heteroatoms. The fourth-order valence-electron chi connectivity index (χ4n) is 1.28. The van der Waals surface area contributed by atoms with Crippen molar-refractivity contribution >= 4 is 5.84 Å². The maximum Gasteiger partial charge on any atom is 0.190 e. The molecule has 1 aromatic carbocycles. The highest BCUT2D eigenvalue weighted by atomic mass is 19.1. The minimum Gasteiger partial charge on any atom is -0.488 e. The number of nitrogens with zero attached hydrogens (tertiary/aromatic N) is 1. The van der Waals surface area contributed by atoms with Crippen LogP contribution in [0.4, 0.5) is 8.78 Å². The van der Waals surface area contributed by atoms with Gasteiger partial charge in [-0.2, -0.15) is 0 Å². The fourth-order valence-corrected chi connectivity index (χ4v) is 1.28. The van der Waals surface area contributed by atoms with Crippen LogP contribution in [0.3, 0.4) is 0 Å². The Morgan fingerprint density at radius 1 is 1.33 bits per heavy atom. The van der Waals surface area contributed by atoms with Crippen molar-refractivity contribution in [2.24, 2.45) is 10.9 Å². The summed E-state index contributed by atoms with van der Waals surface area (Å²) < 4.78 is 36.8. The molecule has 0 amide bonds. The third kappa shape index (κ3) is 3.56. The first-order valence-corrected chi connectivity index (χ1v) is 5.18. The second kappa shape index (κ2) is 6.75. The van der Waals surface area contributed by atoms with E-state index in [1.807, 2.05) is 0 Å². The van der Waals surface area contributed by atoms with Crippen molar-refractivity contribution in [3.63, 3.8) is 0 Å². The summed E-state index contributed by atoms with van der Waals surface area (Å²) in [7, 11) is 1.52. The third-order valence-electron chi connectivity index (χ3n) is 2.14. The zero-order valence-electron chi connectivity index (χ0n) is 9.82. The van der Waals surface area contributed by atoms with Gasteiger partial charge in [0.05, 0.1) is 6.61 Å². The lowest BCUT2D eigenvalue weighted by Gasteiger charge is -2.09. The van der Waals surface area contributed by atoms with Gasteiger partial charge in [0.25, 0.3) is 0 Å². The molecule has 0 unspecified atom stereocenters. The van der Waals surface area contributed by atoms with Crippen LogP contribution in [0.25, 0.3) is 0 Å². The van der Waals surface area contributed by atoms with Crippen LogP contribution < -0.4 is 10.5 Å². The zero-order chi connectivity index (χ0) is 13.5. The van der Waals surface area contributed by atoms with Gasteiger partial charge in [0.15, 0.2) is 23.2 Å². The summed E-state index contributed by atoms with van der Waals surface area (Å²) in [5.41, 5.74) is 5.17. The number of halogens is 2. The van der Waals surface area contributed by atoms with Gasteiger partial charge in [0.1, 0.15) is 0 Å². The van der Waals surface area contributed by atoms with E-state index in [4.69, 9.17) is 20.4 Å². The van der Waals surface area contributed by atoms with E-state index in [1.54, 1.807) is 0 Å². The van der Waals surface area contributed by atoms with Gasteiger partial charge >= 0.3 is 0 Å². The monoisotopic (exact) mass is 260 g/mol. The van der Waals surface area contributed by atoms with Crippen molar-refractivity contribution in [1.82, 2.24) is 0 Å². The molecule has 0 spiro atoms. The van der Waals surface area contributed by atoms with Gasteiger partial charge in [-0.25, -0.2) is 8.78 Å². The Hall–Kier alpha value is -1.89. The zero-order valence-corrected chi connectivity index (χ0v) is 9.82. The van der Waals surface area contributed by atoms with Gasteiger partial charge in [0.2, 0.25) is 0 Å². The molecule has 0 aliphatic rings. The molecule has 0 aliphatic carbocycles. The summed E-state index contributed by atoms with van der Waals surface area (Å²) in [6.45, 7) is 0.566. The summed E-state index contributed by atoms with van der Waals surface area (Å²) >= 11 is 0. The normalized spacial score (nSPS) is 11.6. The summed E-state index contributed by atoms with van der Waals surface area (Å²) in [4.78, 5) is 0. The highest BCUT2D eigenvalue weighted by Gasteiger charge is 2.14. The van der Waals surface area contributed by atoms with Crippen LogP contribution >= 0.6 is 0 Å². The topological polar surface area (TPSA) is 77.1 Å². The number of oxime groups is 1. The number of methoxy groups -OCH3 is 1. The van der Waals surface area contributed by atoms with E-state index in [0.717, 1.165) is 12.1 Å². The summed E-state index contributed by atoms with van der Waals surface area (Å²) in [5, 5.41) is 11.1. The SMILES string of the molecule is COCCCOc1c(F)cc(C(N)=NO)cc1F. The molecular formula is C11H14F2N2O3. The van der Waals surface area contributed by atoms with E-state index in [1.165, 1.54) is 7.11 Å². The third-order valence-corrected chi connectivity index (χ3v) is 2.14. The van der Waals surface area contributed by atoms with Crippen molar-refractivity contribution in [2.75, 3.05) is 20.3 Å². The lowest BCUT2D eigenvalue weighted by molar-refractivity contribution is 0.168. The Morgan fingerprint density at radius 2 is 1.94 bits per heavy atom. The van der Waals surface area contributed by atoms with Crippen LogP contribution in [0.1, 0.15) is 12.0 Å². The van der Waals surface area contributed by atoms with E-state index in [9.17, 15) is 8.78 Å². The number of hydrogen-bond acceptors (Lipinski definition) is 4. The highest BCUT2D eigenvalue weighted by molar-refractivity contribution is 5.97. The van der Waals surface area contributed by atoms with Crippen LogP contribution in [-0.4, -0.2) is 31.4 Å². The lowest BCUT2D eigenvalue weighted by Crippen LogP contribution is -2.14. The highest BCUT2D eigenvalue weighted by Crippen LogP contribution is 2.23. The van der Waals surface area contributed by atoms with Crippen molar-refractivity contribution < 1.29 is 23.5 Å². The van der Waals surface area contributed by atoms with Crippen LogP contribution in [0.5, 0.6) is 5.75 Å². The molecule has 0 heterocycles. The van der Waals surface area contributed by atoms with Gasteiger partial charge in [-0.05, 0) is 12.1 Å². The van der Waals surface area contributed by atoms with Crippen molar-refractivity contribution in [3.05, 3.63) is 29.3 Å². The Balaban J connectivity index is 2.81. The first-order valence-electron chi connectivity index (χ1n) is 5.18. The van der Waals surface area contributed by atoms with Crippen LogP contribution in [0.2, 0.25) is 0 Å². The van der Waals surface area contributed by atoms with E-state index in [0.29, 0.717) is 13.0 Å². The number of nitrogens with two attached hydrogens (primary N) is 1. The standard InChI is InChI=1S/C11H14F2N2O3/c1-17-3-2-4-18-10-8(12)5-7(6-9(10)13)11(14)15-16/h5-6,16H,2-4H2,1H3,(H2,14,15). The van der Waals surface area contributed by atoms with Crippen molar-refractivity contribution in [2.45, 2.75) is 6.42 Å². The molecule has 1 rings (SSSR count). The van der Waals surface area contributed by atoms with Crippen LogP contribution in [-0.2, 0) is 4.74 Å². The number of amidine groups is 1. The molecule has 0 radical (unpaired) electrons. The molecule has 0 aromatic heterocycles. The quantitative estimate of drug-likeness (QED) is 0.267. The van der Waals surface area contributed by atoms with E-state index >= 15 is 0 Å². The van der Waals surface area contributed by atoms with Crippen LogP contribution in [0.15, 0.2) is 17.3 Å². The summed E-state index contributed by atoms with van der Waals surface area (Å²) in [5.74, 6) is -2.68. The largest absolute Gasteiger partial charge is 0.488 e. The maximum atomic E-state index is 13.5. The number of hydrogen-bond donors (Lipinski definition) is 2. The average molecular weight is 260 g/mol. The fraction of sp³-hybridized carbons (Fsp3) is 0.364. The molecule has 1 aromatic rings. The Kier molecular flexibility index (Phi) is 5.31. The Labute approximate surface area is 103 Å². The molecule has 18 heavy (non-hydrogen) atoms. The first kappa shape index (κ1) is 14.2. The Morgan fingerprint density at radius 3 is 2.44 bits per heavy atom. The first-order chi connectivity index (χ1) is 8.60. The molecule has 0 atom stereocenters. The maximum absolute atomic E-state index is 13.5. The van der Waals surface area contributed by atoms with E-state index in [2.05, 4.69) is 5.16 Å². The molecule has 3 N–H and O–H groups in total. The molecule has 5 nitrogen and oxygen atoms in total. The predicted octanol–water partition coefficient (Wildman–Crippen LogP) is 1.47. The summed E-state index contributed by atoms with van der Waals surface area (Å²) in [6, 6.07) is 1.87. The van der Waals surface area contributed by atoms with Gasteiger partial charge in [-0.1, -0.05) is 5.16 Å². The number of benzene rings is 1. The van der Waals surface area contributed by atoms with Crippen molar-refractivity contribution in [3.8, 4) is 5.75 Å². The minimum absolute atomic E-state index is 0.0586. The van der Waals surface area contributed by atoms with E-state index < -0.39 is 17.4 Å². The molecular weight excluding hydrogens is 246 g/mol. The lowest BCUT2D eigenvalue weighted by atomic mass is 10.2. The van der Waals surface area contributed by atoms with Gasteiger partial charge in [-0.3, -0.25) is 0 Å². The minimum atomic E-state index is -0.908. The molecule has 0 fully saturated rings. The molecule has 0 aliphatic heterocycles. The Bertz CT molecular complexity index is 415. The second-order valence-electron chi connectivity index (χ2n) is 3.45. The van der Waals surface area contributed by atoms with Crippen molar-refractivity contribution in [1.29, 1.82) is 0 Å². The summed E-state index contributed by atoms with van der Waals surface area (Å²) in [6.07, 6.45) is 0.511. The van der Waals surface area contributed by atoms with Gasteiger partial charge in [-0.15, -0.1) is 0 Å². The predicted molar refractivity (Wildman–Crippen MR) is 60.9 cm³/mol. The van der Waals surface area contributed by atoms with Crippen LogP contribution in [0, 0.1) is 11.6 Å². The average Bonchev–Trinajstić information content (AvgIpc) is 2.35. The van der Waals surface area contributed by atoms with E-state index in [-0.39, 0.29) is 18.0 Å². The number of rotatable bonds is 6. The second-order valence-corrected chi connectivity index (χ2v) is 3.45. The molecule has 100 valence electrons. The van der Waals surface area contributed by atoms with Gasteiger partial charge < -0.3 is 20.4 Å². The van der Waals surface area contributed by atoms with Gasteiger partial charge in [0, 0.05) is 25.7 Å². The molecule has 0 saturated carbocycles. The molecule has 0 saturated heterocycles.